The molecule has 130 valence electrons. The molecule has 7 heteroatoms. The highest BCUT2D eigenvalue weighted by Crippen LogP contribution is 2.22. The van der Waals surface area contributed by atoms with Crippen LogP contribution in [0.1, 0.15) is 59.3 Å². The molecule has 1 saturated carbocycles. The molecule has 0 saturated heterocycles. The fraction of sp³-hybridized carbons (Fsp3) is 0.933. The highest BCUT2D eigenvalue weighted by Gasteiger charge is 2.27. The van der Waals surface area contributed by atoms with Crippen LogP contribution in [-0.2, 0) is 4.74 Å². The maximum atomic E-state index is 12.0. The van der Waals surface area contributed by atoms with Crippen LogP contribution in [0.5, 0.6) is 0 Å². The van der Waals surface area contributed by atoms with Crippen molar-refractivity contribution in [1.29, 1.82) is 0 Å². The van der Waals surface area contributed by atoms with Crippen molar-refractivity contribution in [2.75, 3.05) is 6.54 Å². The number of ether oxygens (including phenoxy) is 1. The fourth-order valence-corrected chi connectivity index (χ4v) is 2.51. The van der Waals surface area contributed by atoms with E-state index in [1.807, 2.05) is 20.8 Å². The molecule has 1 aliphatic rings. The van der Waals surface area contributed by atoms with Gasteiger partial charge in [-0.05, 0) is 59.4 Å². The Balaban J connectivity index is 2.14. The fourth-order valence-electron chi connectivity index (χ4n) is 2.51. The lowest BCUT2D eigenvalue weighted by atomic mass is 9.91. The smallest absolute Gasteiger partial charge is 0.407 e. The minimum Gasteiger partial charge on any atom is -0.444 e. The van der Waals surface area contributed by atoms with E-state index in [4.69, 9.17) is 4.74 Å². The zero-order valence-corrected chi connectivity index (χ0v) is 13.6. The SMILES string of the molecule is CC(C)(C)OC(=O)NC1CCC(NCCCC(F)(F)F)CC1. The van der Waals surface area contributed by atoms with Gasteiger partial charge in [0.25, 0.3) is 0 Å². The van der Waals surface area contributed by atoms with Gasteiger partial charge in [-0.25, -0.2) is 4.79 Å². The largest absolute Gasteiger partial charge is 0.444 e. The van der Waals surface area contributed by atoms with Crippen LogP contribution in [-0.4, -0.2) is 36.5 Å². The van der Waals surface area contributed by atoms with Crippen LogP contribution < -0.4 is 10.6 Å². The number of hydrogen-bond donors (Lipinski definition) is 2. The first-order valence-electron chi connectivity index (χ1n) is 7.85. The van der Waals surface area contributed by atoms with Gasteiger partial charge in [0.2, 0.25) is 0 Å². The van der Waals surface area contributed by atoms with Gasteiger partial charge < -0.3 is 15.4 Å². The van der Waals surface area contributed by atoms with Crippen LogP contribution >= 0.6 is 0 Å². The van der Waals surface area contributed by atoms with E-state index in [0.29, 0.717) is 6.54 Å². The first-order valence-corrected chi connectivity index (χ1v) is 7.85. The summed E-state index contributed by atoms with van der Waals surface area (Å²) in [5.41, 5.74) is -0.513. The molecule has 0 atom stereocenters. The molecule has 2 N–H and O–H groups in total. The van der Waals surface area contributed by atoms with E-state index in [1.165, 1.54) is 0 Å². The van der Waals surface area contributed by atoms with Crippen LogP contribution in [0.4, 0.5) is 18.0 Å². The number of nitrogens with one attached hydrogen (secondary N) is 2. The van der Waals surface area contributed by atoms with Crippen molar-refractivity contribution >= 4 is 6.09 Å². The van der Waals surface area contributed by atoms with Gasteiger partial charge in [-0.1, -0.05) is 0 Å². The number of rotatable bonds is 5. The van der Waals surface area contributed by atoms with Gasteiger partial charge in [-0.15, -0.1) is 0 Å². The molecule has 0 bridgehead atoms. The Labute approximate surface area is 130 Å². The minimum absolute atomic E-state index is 0.0862. The summed E-state index contributed by atoms with van der Waals surface area (Å²) in [6.07, 6.45) is -1.77. The molecule has 4 nitrogen and oxygen atoms in total. The van der Waals surface area contributed by atoms with E-state index in [2.05, 4.69) is 10.6 Å². The van der Waals surface area contributed by atoms with E-state index in [1.54, 1.807) is 0 Å². The quantitative estimate of drug-likeness (QED) is 0.757. The predicted octanol–water partition coefficient (Wildman–Crippen LogP) is 3.75. The second-order valence-corrected chi connectivity index (χ2v) is 6.87. The summed E-state index contributed by atoms with van der Waals surface area (Å²) < 4.78 is 41.3. The Kier molecular flexibility index (Phi) is 6.97. The van der Waals surface area contributed by atoms with Crippen LogP contribution in [0, 0.1) is 0 Å². The highest BCUT2D eigenvalue weighted by molar-refractivity contribution is 5.68. The van der Waals surface area contributed by atoms with Crippen LogP contribution in [0.3, 0.4) is 0 Å². The van der Waals surface area contributed by atoms with E-state index < -0.39 is 24.3 Å². The molecule has 0 radical (unpaired) electrons. The molecule has 0 unspecified atom stereocenters. The first-order chi connectivity index (χ1) is 10.1. The molecule has 22 heavy (non-hydrogen) atoms. The van der Waals surface area contributed by atoms with Crippen molar-refractivity contribution in [2.45, 2.75) is 83.2 Å². The normalized spacial score (nSPS) is 23.2. The lowest BCUT2D eigenvalue weighted by molar-refractivity contribution is -0.135. The molecular weight excluding hydrogens is 297 g/mol. The maximum absolute atomic E-state index is 12.0. The molecule has 0 spiro atoms. The lowest BCUT2D eigenvalue weighted by Crippen LogP contribution is -2.44. The summed E-state index contributed by atoms with van der Waals surface area (Å²) in [5.74, 6) is 0. The Bertz CT molecular complexity index is 346. The van der Waals surface area contributed by atoms with Gasteiger partial charge in [-0.2, -0.15) is 13.2 Å². The summed E-state index contributed by atoms with van der Waals surface area (Å²) in [4.78, 5) is 11.7. The van der Waals surface area contributed by atoms with Crippen molar-refractivity contribution in [3.05, 3.63) is 0 Å². The van der Waals surface area contributed by atoms with Crippen molar-refractivity contribution < 1.29 is 22.7 Å². The molecule has 1 rings (SSSR count). The summed E-state index contributed by atoms with van der Waals surface area (Å²) in [7, 11) is 0. The summed E-state index contributed by atoms with van der Waals surface area (Å²) in [5, 5.41) is 6.01. The van der Waals surface area contributed by atoms with Crippen LogP contribution in [0.25, 0.3) is 0 Å². The molecule has 1 fully saturated rings. The Morgan fingerprint density at radius 1 is 1.09 bits per heavy atom. The average molecular weight is 324 g/mol. The molecular formula is C15H27F3N2O2. The van der Waals surface area contributed by atoms with Crippen molar-refractivity contribution in [3.63, 3.8) is 0 Å². The third-order valence-corrected chi connectivity index (χ3v) is 3.52. The molecule has 0 aromatic carbocycles. The monoisotopic (exact) mass is 324 g/mol. The maximum Gasteiger partial charge on any atom is 0.407 e. The zero-order chi connectivity index (χ0) is 16.8. The number of halogens is 3. The van der Waals surface area contributed by atoms with Crippen molar-refractivity contribution in [1.82, 2.24) is 10.6 Å². The van der Waals surface area contributed by atoms with Gasteiger partial charge in [0.1, 0.15) is 5.60 Å². The van der Waals surface area contributed by atoms with Gasteiger partial charge >= 0.3 is 12.3 Å². The molecule has 1 aliphatic carbocycles. The zero-order valence-electron chi connectivity index (χ0n) is 13.6. The van der Waals surface area contributed by atoms with Gasteiger partial charge in [0, 0.05) is 18.5 Å². The van der Waals surface area contributed by atoms with Crippen molar-refractivity contribution in [2.24, 2.45) is 0 Å². The van der Waals surface area contributed by atoms with Crippen LogP contribution in [0.2, 0.25) is 0 Å². The Morgan fingerprint density at radius 2 is 1.64 bits per heavy atom. The van der Waals surface area contributed by atoms with Gasteiger partial charge in [0.15, 0.2) is 0 Å². The average Bonchev–Trinajstić information content (AvgIpc) is 2.33. The van der Waals surface area contributed by atoms with E-state index >= 15 is 0 Å². The van der Waals surface area contributed by atoms with E-state index in [9.17, 15) is 18.0 Å². The molecule has 0 aromatic rings. The van der Waals surface area contributed by atoms with E-state index in [0.717, 1.165) is 25.7 Å². The second-order valence-electron chi connectivity index (χ2n) is 6.87. The number of carbonyl (C=O) groups excluding carboxylic acids is 1. The Morgan fingerprint density at radius 3 is 2.14 bits per heavy atom. The molecule has 0 aliphatic heterocycles. The Hall–Kier alpha value is -0.980. The topological polar surface area (TPSA) is 50.4 Å². The number of alkyl carbamates (subject to hydrolysis) is 1. The minimum atomic E-state index is -4.07. The second kappa shape index (κ2) is 8.04. The van der Waals surface area contributed by atoms with E-state index in [-0.39, 0.29) is 18.5 Å². The number of alkyl halides is 3. The molecule has 1 amide bonds. The first kappa shape index (κ1) is 19.1. The van der Waals surface area contributed by atoms with Gasteiger partial charge in [-0.3, -0.25) is 0 Å². The third-order valence-electron chi connectivity index (χ3n) is 3.52. The summed E-state index contributed by atoms with van der Waals surface area (Å²) >= 11 is 0. The summed E-state index contributed by atoms with van der Waals surface area (Å²) in [6, 6.07) is 0.327. The van der Waals surface area contributed by atoms with Crippen molar-refractivity contribution in [3.8, 4) is 0 Å². The summed E-state index contributed by atoms with van der Waals surface area (Å²) in [6.45, 7) is 5.82. The lowest BCUT2D eigenvalue weighted by Gasteiger charge is -2.30. The number of carbonyl (C=O) groups is 1. The predicted molar refractivity (Wildman–Crippen MR) is 78.7 cm³/mol. The van der Waals surface area contributed by atoms with Gasteiger partial charge in [0.05, 0.1) is 0 Å². The number of hydrogen-bond acceptors (Lipinski definition) is 3. The third kappa shape index (κ3) is 9.12. The molecule has 0 aromatic heterocycles. The standard InChI is InChI=1S/C15H27F3N2O2/c1-14(2,3)22-13(21)20-12-7-5-11(6-8-12)19-10-4-9-15(16,17)18/h11-12,19H,4-10H2,1-3H3,(H,20,21). The highest BCUT2D eigenvalue weighted by atomic mass is 19.4. The number of amides is 1. The molecule has 0 heterocycles. The van der Waals surface area contributed by atoms with Crippen LogP contribution in [0.15, 0.2) is 0 Å².